The number of aromatic nitrogens is 2. The largest absolute Gasteiger partial charge is 0.507 e. The SMILES string of the molecule is CCCc1c(OCc2cccn3c(=O)c(C(=O)O)cnc23)ccc(C2=NC=C2)c1O. The molecular weight excluding hydrogens is 386 g/mol. The second-order valence-corrected chi connectivity index (χ2v) is 6.82. The highest BCUT2D eigenvalue weighted by Gasteiger charge is 2.18. The molecule has 3 aromatic rings. The highest BCUT2D eigenvalue weighted by molar-refractivity contribution is 6.14. The molecule has 3 heterocycles. The molecule has 0 unspecified atom stereocenters. The summed E-state index contributed by atoms with van der Waals surface area (Å²) < 4.78 is 7.17. The molecule has 2 aromatic heterocycles. The summed E-state index contributed by atoms with van der Waals surface area (Å²) in [5, 5.41) is 19.8. The van der Waals surface area contributed by atoms with Crippen molar-refractivity contribution in [3.05, 3.63) is 81.5 Å². The van der Waals surface area contributed by atoms with E-state index >= 15 is 0 Å². The van der Waals surface area contributed by atoms with Crippen LogP contribution in [-0.2, 0) is 13.0 Å². The molecule has 0 atom stereocenters. The Bertz CT molecular complexity index is 1270. The van der Waals surface area contributed by atoms with Crippen LogP contribution in [0.2, 0.25) is 0 Å². The third kappa shape index (κ3) is 3.32. The number of aromatic carboxylic acids is 1. The molecule has 1 aliphatic heterocycles. The van der Waals surface area contributed by atoms with Crippen LogP contribution in [0.5, 0.6) is 11.5 Å². The van der Waals surface area contributed by atoms with Crippen molar-refractivity contribution >= 4 is 17.3 Å². The molecule has 152 valence electrons. The molecule has 1 aliphatic rings. The molecule has 0 saturated heterocycles. The molecule has 30 heavy (non-hydrogen) atoms. The van der Waals surface area contributed by atoms with Crippen molar-refractivity contribution in [3.63, 3.8) is 0 Å². The summed E-state index contributed by atoms with van der Waals surface area (Å²) >= 11 is 0. The number of hydrogen-bond donors (Lipinski definition) is 2. The molecule has 8 heteroatoms. The van der Waals surface area contributed by atoms with E-state index in [0.29, 0.717) is 34.5 Å². The van der Waals surface area contributed by atoms with Gasteiger partial charge in [-0.25, -0.2) is 9.78 Å². The average molecular weight is 405 g/mol. The van der Waals surface area contributed by atoms with Crippen LogP contribution in [-0.4, -0.2) is 31.3 Å². The minimum Gasteiger partial charge on any atom is -0.507 e. The first kappa shape index (κ1) is 19.4. The highest BCUT2D eigenvalue weighted by Crippen LogP contribution is 2.34. The normalized spacial score (nSPS) is 12.5. The molecule has 2 N–H and O–H groups in total. The molecule has 0 bridgehead atoms. The maximum atomic E-state index is 12.4. The van der Waals surface area contributed by atoms with Gasteiger partial charge in [-0.05, 0) is 30.7 Å². The number of allylic oxidation sites excluding steroid dienone is 1. The van der Waals surface area contributed by atoms with Crippen LogP contribution in [0.25, 0.3) is 5.65 Å². The van der Waals surface area contributed by atoms with Crippen LogP contribution < -0.4 is 10.3 Å². The third-order valence-electron chi connectivity index (χ3n) is 4.89. The van der Waals surface area contributed by atoms with Crippen LogP contribution in [0.3, 0.4) is 0 Å². The minimum absolute atomic E-state index is 0.0968. The van der Waals surface area contributed by atoms with E-state index in [0.717, 1.165) is 18.3 Å². The van der Waals surface area contributed by atoms with Crippen molar-refractivity contribution in [1.82, 2.24) is 9.38 Å². The van der Waals surface area contributed by atoms with E-state index < -0.39 is 17.1 Å². The molecule has 0 fully saturated rings. The Morgan fingerprint density at radius 1 is 1.27 bits per heavy atom. The summed E-state index contributed by atoms with van der Waals surface area (Å²) in [6.45, 7) is 2.11. The van der Waals surface area contributed by atoms with Crippen LogP contribution in [0.4, 0.5) is 0 Å². The lowest BCUT2D eigenvalue weighted by Gasteiger charge is -2.17. The molecule has 0 amide bonds. The first-order chi connectivity index (χ1) is 14.5. The summed E-state index contributed by atoms with van der Waals surface area (Å²) in [4.78, 5) is 31.8. The van der Waals surface area contributed by atoms with E-state index in [2.05, 4.69) is 9.98 Å². The van der Waals surface area contributed by atoms with Gasteiger partial charge in [0.25, 0.3) is 5.56 Å². The fraction of sp³-hybridized carbons (Fsp3) is 0.182. The predicted molar refractivity (Wildman–Crippen MR) is 111 cm³/mol. The maximum Gasteiger partial charge on any atom is 0.342 e. The zero-order valence-electron chi connectivity index (χ0n) is 16.2. The number of carboxylic acids is 1. The second kappa shape index (κ2) is 7.82. The number of ether oxygens (including phenoxy) is 1. The number of phenolic OH excluding ortho intramolecular Hbond substituents is 1. The zero-order chi connectivity index (χ0) is 21.3. The monoisotopic (exact) mass is 405 g/mol. The number of aliphatic imine (C=N–C) groups is 1. The number of rotatable bonds is 7. The van der Waals surface area contributed by atoms with Gasteiger partial charge in [0.15, 0.2) is 0 Å². The smallest absolute Gasteiger partial charge is 0.342 e. The number of fused-ring (bicyclic) bond motifs is 1. The summed E-state index contributed by atoms with van der Waals surface area (Å²) in [6.07, 6.45) is 7.47. The molecular formula is C22H19N3O5. The van der Waals surface area contributed by atoms with Crippen molar-refractivity contribution in [2.24, 2.45) is 4.99 Å². The summed E-state index contributed by atoms with van der Waals surface area (Å²) in [5.74, 6) is -0.640. The quantitative estimate of drug-likeness (QED) is 0.625. The van der Waals surface area contributed by atoms with Crippen molar-refractivity contribution in [2.45, 2.75) is 26.4 Å². The fourth-order valence-corrected chi connectivity index (χ4v) is 3.34. The first-order valence-electron chi connectivity index (χ1n) is 9.46. The Labute approximate surface area is 171 Å². The number of pyridine rings is 1. The lowest BCUT2D eigenvalue weighted by atomic mass is 9.99. The van der Waals surface area contributed by atoms with Gasteiger partial charge in [-0.15, -0.1) is 0 Å². The number of nitrogens with zero attached hydrogens (tertiary/aromatic N) is 3. The van der Waals surface area contributed by atoms with Gasteiger partial charge >= 0.3 is 5.97 Å². The Morgan fingerprint density at radius 3 is 2.73 bits per heavy atom. The number of phenols is 1. The molecule has 0 radical (unpaired) electrons. The molecule has 1 aromatic carbocycles. The van der Waals surface area contributed by atoms with E-state index in [1.54, 1.807) is 30.5 Å². The lowest BCUT2D eigenvalue weighted by Crippen LogP contribution is -2.23. The van der Waals surface area contributed by atoms with Crippen LogP contribution in [0, 0.1) is 0 Å². The summed E-state index contributed by atoms with van der Waals surface area (Å²) in [6, 6.07) is 6.94. The molecule has 8 nitrogen and oxygen atoms in total. The number of carbonyl (C=O) groups is 1. The number of benzene rings is 1. The third-order valence-corrected chi connectivity index (χ3v) is 4.89. The minimum atomic E-state index is -1.32. The molecule has 4 rings (SSSR count). The molecule has 0 spiro atoms. The van der Waals surface area contributed by atoms with Gasteiger partial charge in [-0.3, -0.25) is 14.2 Å². The number of carboxylic acid groups (broad SMARTS) is 1. The zero-order valence-corrected chi connectivity index (χ0v) is 16.2. The highest BCUT2D eigenvalue weighted by atomic mass is 16.5. The van der Waals surface area contributed by atoms with Crippen LogP contribution in [0.1, 0.15) is 40.4 Å². The van der Waals surface area contributed by atoms with E-state index in [4.69, 9.17) is 9.84 Å². The Kier molecular flexibility index (Phi) is 5.05. The molecule has 0 saturated carbocycles. The van der Waals surface area contributed by atoms with E-state index in [1.807, 2.05) is 13.0 Å². The van der Waals surface area contributed by atoms with Gasteiger partial charge in [0.1, 0.15) is 29.3 Å². The summed E-state index contributed by atoms with van der Waals surface area (Å²) in [5.41, 5.74) is 1.96. The van der Waals surface area contributed by atoms with Gasteiger partial charge in [0, 0.05) is 35.3 Å². The van der Waals surface area contributed by atoms with Gasteiger partial charge in [0.05, 0.1) is 5.71 Å². The van der Waals surface area contributed by atoms with Crippen molar-refractivity contribution in [2.75, 3.05) is 0 Å². The van der Waals surface area contributed by atoms with E-state index in [-0.39, 0.29) is 12.4 Å². The van der Waals surface area contributed by atoms with E-state index in [9.17, 15) is 14.7 Å². The van der Waals surface area contributed by atoms with Gasteiger partial charge in [0.2, 0.25) is 0 Å². The first-order valence-corrected chi connectivity index (χ1v) is 9.46. The maximum absolute atomic E-state index is 12.4. The summed E-state index contributed by atoms with van der Waals surface area (Å²) in [7, 11) is 0. The fourth-order valence-electron chi connectivity index (χ4n) is 3.34. The Morgan fingerprint density at radius 2 is 2.07 bits per heavy atom. The van der Waals surface area contributed by atoms with Gasteiger partial charge in [-0.1, -0.05) is 19.4 Å². The van der Waals surface area contributed by atoms with Crippen LogP contribution in [0.15, 0.2) is 58.7 Å². The van der Waals surface area contributed by atoms with Crippen molar-refractivity contribution < 1.29 is 19.7 Å². The standard InChI is InChI=1S/C22H19N3O5/c1-2-4-15-18(7-6-14(19(15)26)17-8-9-23-17)30-12-13-5-3-10-25-20(13)24-11-16(21(25)27)22(28)29/h3,5-11,26H,2,4,12H2,1H3,(H,28,29). The molecule has 0 aliphatic carbocycles. The Hall–Kier alpha value is -3.94. The number of aromatic hydroxyl groups is 1. The van der Waals surface area contributed by atoms with Crippen molar-refractivity contribution in [3.8, 4) is 11.5 Å². The van der Waals surface area contributed by atoms with Crippen molar-refractivity contribution in [1.29, 1.82) is 0 Å². The van der Waals surface area contributed by atoms with Crippen LogP contribution >= 0.6 is 0 Å². The average Bonchev–Trinajstić information content (AvgIpc) is 2.69. The topological polar surface area (TPSA) is 113 Å². The predicted octanol–water partition coefficient (Wildman–Crippen LogP) is 2.95. The lowest BCUT2D eigenvalue weighted by molar-refractivity contribution is 0.0694. The van der Waals surface area contributed by atoms with E-state index in [1.165, 1.54) is 10.6 Å². The second-order valence-electron chi connectivity index (χ2n) is 6.82. The van der Waals surface area contributed by atoms with Gasteiger partial charge in [-0.2, -0.15) is 0 Å². The Balaban J connectivity index is 1.67. The van der Waals surface area contributed by atoms with Gasteiger partial charge < -0.3 is 14.9 Å². The number of hydrogen-bond acceptors (Lipinski definition) is 6.